The van der Waals surface area contributed by atoms with Crippen molar-refractivity contribution >= 4 is 41.2 Å². The first kappa shape index (κ1) is 23.2. The van der Waals surface area contributed by atoms with E-state index in [4.69, 9.17) is 16.3 Å². The molecule has 1 heterocycles. The van der Waals surface area contributed by atoms with Crippen LogP contribution in [0, 0.1) is 5.82 Å². The molecule has 0 aliphatic carbocycles. The highest BCUT2D eigenvalue weighted by Crippen LogP contribution is 2.28. The number of benzene rings is 3. The lowest BCUT2D eigenvalue weighted by molar-refractivity contribution is -0.122. The van der Waals surface area contributed by atoms with E-state index in [9.17, 15) is 18.8 Å². The molecule has 3 aromatic rings. The Hall–Kier alpha value is -3.97. The van der Waals surface area contributed by atoms with Gasteiger partial charge in [0.25, 0.3) is 11.8 Å². The van der Waals surface area contributed by atoms with Gasteiger partial charge in [-0.15, -0.1) is 0 Å². The lowest BCUT2D eigenvalue weighted by Crippen LogP contribution is -2.54. The lowest BCUT2D eigenvalue weighted by atomic mass is 10.1. The van der Waals surface area contributed by atoms with E-state index in [1.54, 1.807) is 42.5 Å². The van der Waals surface area contributed by atoms with Gasteiger partial charge in [0.2, 0.25) is 0 Å². The van der Waals surface area contributed by atoms with E-state index in [1.807, 2.05) is 19.1 Å². The minimum absolute atomic E-state index is 0.190. The molecular weight excluding hydrogens is 459 g/mol. The van der Waals surface area contributed by atoms with E-state index in [0.29, 0.717) is 17.0 Å². The molecule has 8 heteroatoms. The van der Waals surface area contributed by atoms with Crippen LogP contribution in [0.1, 0.15) is 23.6 Å². The Balaban J connectivity index is 1.54. The van der Waals surface area contributed by atoms with Crippen molar-refractivity contribution in [3.8, 4) is 5.75 Å². The Morgan fingerprint density at radius 2 is 1.65 bits per heavy atom. The van der Waals surface area contributed by atoms with Crippen molar-refractivity contribution in [2.45, 2.75) is 20.0 Å². The number of ether oxygens (including phenoxy) is 1. The van der Waals surface area contributed by atoms with Crippen molar-refractivity contribution in [1.29, 1.82) is 0 Å². The number of barbiturate groups is 1. The van der Waals surface area contributed by atoms with Crippen LogP contribution in [0.3, 0.4) is 0 Å². The summed E-state index contributed by atoms with van der Waals surface area (Å²) in [6.07, 6.45) is 2.18. The van der Waals surface area contributed by atoms with E-state index >= 15 is 0 Å². The summed E-state index contributed by atoms with van der Waals surface area (Å²) in [6.45, 7) is 2.19. The predicted molar refractivity (Wildman–Crippen MR) is 127 cm³/mol. The second kappa shape index (κ2) is 9.89. The first-order chi connectivity index (χ1) is 16.4. The van der Waals surface area contributed by atoms with Crippen molar-refractivity contribution in [3.05, 3.63) is 99.8 Å². The molecule has 1 N–H and O–H groups in total. The number of urea groups is 1. The molecule has 6 nitrogen and oxygen atoms in total. The van der Waals surface area contributed by atoms with Gasteiger partial charge < -0.3 is 4.74 Å². The lowest BCUT2D eigenvalue weighted by Gasteiger charge is -2.26. The van der Waals surface area contributed by atoms with Crippen LogP contribution in [0.5, 0.6) is 5.75 Å². The maximum atomic E-state index is 13.0. The number of rotatable bonds is 6. The number of halogens is 2. The van der Waals surface area contributed by atoms with Gasteiger partial charge >= 0.3 is 6.03 Å². The van der Waals surface area contributed by atoms with Crippen LogP contribution in [0.2, 0.25) is 5.02 Å². The van der Waals surface area contributed by atoms with Gasteiger partial charge in [-0.25, -0.2) is 14.1 Å². The van der Waals surface area contributed by atoms with Gasteiger partial charge in [0, 0.05) is 0 Å². The third-order valence-electron chi connectivity index (χ3n) is 5.28. The standard InChI is InChI=1S/C26H20ClFN2O4/c1-2-16-5-10-20(11-6-16)30-25(32)21(24(31)29-26(30)33)13-18-7-12-23(22(27)14-18)34-15-17-3-8-19(28)9-4-17/h3-14H,2,15H2,1H3,(H,29,31,33)/b21-13+. The highest BCUT2D eigenvalue weighted by atomic mass is 35.5. The zero-order chi connectivity index (χ0) is 24.2. The Kier molecular flexibility index (Phi) is 6.75. The molecule has 0 atom stereocenters. The van der Waals surface area contributed by atoms with Crippen molar-refractivity contribution in [2.75, 3.05) is 4.90 Å². The number of nitrogens with zero attached hydrogens (tertiary/aromatic N) is 1. The number of hydrogen-bond acceptors (Lipinski definition) is 4. The second-order valence-corrected chi connectivity index (χ2v) is 7.99. The molecule has 0 radical (unpaired) electrons. The minimum Gasteiger partial charge on any atom is -0.487 e. The molecule has 0 bridgehead atoms. The first-order valence-corrected chi connectivity index (χ1v) is 10.9. The van der Waals surface area contributed by atoms with Gasteiger partial charge in [-0.1, -0.05) is 48.9 Å². The molecular formula is C26H20ClFN2O4. The molecule has 1 aliphatic heterocycles. The van der Waals surface area contributed by atoms with Gasteiger partial charge in [-0.3, -0.25) is 14.9 Å². The Labute approximate surface area is 200 Å². The number of aryl methyl sites for hydroxylation is 1. The Bertz CT molecular complexity index is 1290. The number of carbonyl (C=O) groups excluding carboxylic acids is 3. The molecule has 0 unspecified atom stereocenters. The van der Waals surface area contributed by atoms with Crippen LogP contribution >= 0.6 is 11.6 Å². The van der Waals surface area contributed by atoms with Crippen LogP contribution in [0.4, 0.5) is 14.9 Å². The third kappa shape index (κ3) is 5.00. The fourth-order valence-electron chi connectivity index (χ4n) is 3.40. The van der Waals surface area contributed by atoms with Crippen LogP contribution < -0.4 is 15.0 Å². The average Bonchev–Trinajstić information content (AvgIpc) is 2.82. The van der Waals surface area contributed by atoms with E-state index in [1.165, 1.54) is 18.2 Å². The molecule has 1 saturated heterocycles. The molecule has 0 aromatic heterocycles. The summed E-state index contributed by atoms with van der Waals surface area (Å²) in [7, 11) is 0. The van der Waals surface area contributed by atoms with Crippen LogP contribution in [0.25, 0.3) is 6.08 Å². The monoisotopic (exact) mass is 478 g/mol. The number of amides is 4. The van der Waals surface area contributed by atoms with Gasteiger partial charge in [-0.05, 0) is 65.6 Å². The smallest absolute Gasteiger partial charge is 0.335 e. The summed E-state index contributed by atoms with van der Waals surface area (Å²) in [4.78, 5) is 38.7. The molecule has 34 heavy (non-hydrogen) atoms. The maximum Gasteiger partial charge on any atom is 0.335 e. The topological polar surface area (TPSA) is 75.7 Å². The highest BCUT2D eigenvalue weighted by Gasteiger charge is 2.36. The number of hydrogen-bond donors (Lipinski definition) is 1. The summed E-state index contributed by atoms with van der Waals surface area (Å²) in [5.41, 5.74) is 2.46. The molecule has 4 amide bonds. The van der Waals surface area contributed by atoms with E-state index in [-0.39, 0.29) is 23.0 Å². The van der Waals surface area contributed by atoms with Crippen molar-refractivity contribution < 1.29 is 23.5 Å². The highest BCUT2D eigenvalue weighted by molar-refractivity contribution is 6.39. The van der Waals surface area contributed by atoms with E-state index < -0.39 is 17.8 Å². The number of nitrogens with one attached hydrogen (secondary N) is 1. The zero-order valence-corrected chi connectivity index (χ0v) is 18.9. The molecule has 1 fully saturated rings. The largest absolute Gasteiger partial charge is 0.487 e. The molecule has 1 aliphatic rings. The average molecular weight is 479 g/mol. The summed E-state index contributed by atoms with van der Waals surface area (Å²) in [5, 5.41) is 2.47. The van der Waals surface area contributed by atoms with Crippen LogP contribution in [0.15, 0.2) is 72.3 Å². The fraction of sp³-hybridized carbons (Fsp3) is 0.115. The molecule has 0 spiro atoms. The van der Waals surface area contributed by atoms with Gasteiger partial charge in [0.05, 0.1) is 10.7 Å². The quantitative estimate of drug-likeness (QED) is 0.386. The van der Waals surface area contributed by atoms with Crippen LogP contribution in [-0.2, 0) is 22.6 Å². The van der Waals surface area contributed by atoms with E-state index in [2.05, 4.69) is 5.32 Å². The maximum absolute atomic E-state index is 13.0. The minimum atomic E-state index is -0.807. The second-order valence-electron chi connectivity index (χ2n) is 7.58. The third-order valence-corrected chi connectivity index (χ3v) is 5.57. The Morgan fingerprint density at radius 1 is 0.971 bits per heavy atom. The molecule has 172 valence electrons. The van der Waals surface area contributed by atoms with Crippen LogP contribution in [-0.4, -0.2) is 17.8 Å². The van der Waals surface area contributed by atoms with Gasteiger partial charge in [0.15, 0.2) is 0 Å². The summed E-state index contributed by atoms with van der Waals surface area (Å²) >= 11 is 6.32. The molecule has 0 saturated carbocycles. The number of anilines is 1. The van der Waals surface area contributed by atoms with Gasteiger partial charge in [0.1, 0.15) is 23.7 Å². The molecule has 4 rings (SSSR count). The number of imide groups is 2. The number of carbonyl (C=O) groups is 3. The SMILES string of the molecule is CCc1ccc(N2C(=O)NC(=O)/C(=C\c3ccc(OCc4ccc(F)cc4)c(Cl)c3)C2=O)cc1. The fourth-order valence-corrected chi connectivity index (χ4v) is 3.65. The van der Waals surface area contributed by atoms with Gasteiger partial charge in [-0.2, -0.15) is 0 Å². The summed E-state index contributed by atoms with van der Waals surface area (Å²) in [5.74, 6) is -1.46. The normalized spacial score (nSPS) is 15.0. The molecule has 3 aromatic carbocycles. The first-order valence-electron chi connectivity index (χ1n) is 10.5. The van der Waals surface area contributed by atoms with Crippen molar-refractivity contribution in [1.82, 2.24) is 5.32 Å². The van der Waals surface area contributed by atoms with Crippen molar-refractivity contribution in [2.24, 2.45) is 0 Å². The predicted octanol–water partition coefficient (Wildman–Crippen LogP) is 5.29. The summed E-state index contributed by atoms with van der Waals surface area (Å²) in [6, 6.07) is 16.8. The zero-order valence-electron chi connectivity index (χ0n) is 18.2. The Morgan fingerprint density at radius 3 is 2.29 bits per heavy atom. The summed E-state index contributed by atoms with van der Waals surface area (Å²) < 4.78 is 18.7. The van der Waals surface area contributed by atoms with Crippen molar-refractivity contribution in [3.63, 3.8) is 0 Å². The van der Waals surface area contributed by atoms with E-state index in [0.717, 1.165) is 22.4 Å².